The molecule has 0 unspecified atom stereocenters. The highest BCUT2D eigenvalue weighted by molar-refractivity contribution is 8.26. The molecule has 0 atom stereocenters. The fourth-order valence-electron chi connectivity index (χ4n) is 3.10. The van der Waals surface area contributed by atoms with Crippen LogP contribution in [0.25, 0.3) is 6.08 Å². The van der Waals surface area contributed by atoms with Crippen molar-refractivity contribution in [3.05, 3.63) is 58.6 Å². The third-order valence-corrected chi connectivity index (χ3v) is 6.10. The van der Waals surface area contributed by atoms with Gasteiger partial charge in [-0.25, -0.2) is 0 Å². The quantitative estimate of drug-likeness (QED) is 0.425. The van der Waals surface area contributed by atoms with Crippen LogP contribution < -0.4 is 14.2 Å². The molecule has 0 aromatic heterocycles. The number of methoxy groups -OCH3 is 1. The lowest BCUT2D eigenvalue weighted by Crippen LogP contribution is -2.35. The summed E-state index contributed by atoms with van der Waals surface area (Å²) in [6, 6.07) is 12.5. The molecule has 0 radical (unpaired) electrons. The Morgan fingerprint density at radius 2 is 1.88 bits per heavy atom. The number of ether oxygens (including phenoxy) is 3. The third-order valence-electron chi connectivity index (χ3n) is 4.73. The highest BCUT2D eigenvalue weighted by Crippen LogP contribution is 2.32. The number of fused-ring (bicyclic) bond motifs is 1. The Bertz CT molecular complexity index is 1190. The fourth-order valence-corrected chi connectivity index (χ4v) is 4.11. The number of aliphatic imine (C=N–C) groups is 1. The number of amides is 1. The summed E-state index contributed by atoms with van der Waals surface area (Å²) in [7, 11) is 1.53. The average molecular weight is 485 g/mol. The number of hydrogen-bond acceptors (Lipinski definition) is 7. The Labute approximate surface area is 200 Å². The van der Waals surface area contributed by atoms with E-state index in [1.165, 1.54) is 23.9 Å². The van der Waals surface area contributed by atoms with E-state index in [1.807, 2.05) is 19.1 Å². The van der Waals surface area contributed by atoms with Gasteiger partial charge in [0.2, 0.25) is 5.17 Å². The van der Waals surface area contributed by atoms with Crippen molar-refractivity contribution in [1.29, 1.82) is 5.41 Å². The van der Waals surface area contributed by atoms with Gasteiger partial charge in [-0.05, 0) is 54.1 Å². The molecule has 170 valence electrons. The molecule has 0 spiro atoms. The van der Waals surface area contributed by atoms with Gasteiger partial charge in [0.15, 0.2) is 17.3 Å². The maximum absolute atomic E-state index is 12.5. The highest BCUT2D eigenvalue weighted by Gasteiger charge is 2.35. The molecule has 0 saturated carbocycles. The van der Waals surface area contributed by atoms with Crippen molar-refractivity contribution in [2.24, 2.45) is 10.1 Å². The Morgan fingerprint density at radius 1 is 1.12 bits per heavy atom. The summed E-state index contributed by atoms with van der Waals surface area (Å²) < 4.78 is 16.9. The van der Waals surface area contributed by atoms with Crippen LogP contribution in [0, 0.1) is 5.41 Å². The maximum atomic E-state index is 12.5. The molecule has 2 aromatic rings. The van der Waals surface area contributed by atoms with Crippen LogP contribution in [0.4, 0.5) is 0 Å². The molecule has 1 N–H and O–H groups in total. The number of nitrogens with one attached hydrogen (secondary N) is 1. The van der Waals surface area contributed by atoms with Gasteiger partial charge in [0.05, 0.1) is 17.7 Å². The van der Waals surface area contributed by atoms with E-state index in [4.69, 9.17) is 31.2 Å². The minimum absolute atomic E-state index is 0.00281. The zero-order valence-corrected chi connectivity index (χ0v) is 19.6. The normalized spacial score (nSPS) is 16.5. The molecule has 8 nitrogen and oxygen atoms in total. The summed E-state index contributed by atoms with van der Waals surface area (Å²) in [5.41, 5.74) is 0.828. The summed E-state index contributed by atoms with van der Waals surface area (Å²) in [4.78, 5) is 16.6. The Morgan fingerprint density at radius 3 is 2.61 bits per heavy atom. The number of hydrogen-bond donors (Lipinski definition) is 1. The van der Waals surface area contributed by atoms with E-state index < -0.39 is 5.91 Å². The molecule has 33 heavy (non-hydrogen) atoms. The van der Waals surface area contributed by atoms with Gasteiger partial charge < -0.3 is 14.2 Å². The molecule has 0 saturated heterocycles. The van der Waals surface area contributed by atoms with Gasteiger partial charge in [-0.1, -0.05) is 36.7 Å². The van der Waals surface area contributed by atoms with E-state index >= 15 is 0 Å². The highest BCUT2D eigenvalue weighted by atomic mass is 35.5. The molecular formula is C23H21ClN4O4S. The van der Waals surface area contributed by atoms with Crippen LogP contribution in [0.2, 0.25) is 5.02 Å². The lowest BCUT2D eigenvalue weighted by atomic mass is 10.1. The van der Waals surface area contributed by atoms with Crippen LogP contribution in [0.15, 0.2) is 58.1 Å². The topological polar surface area (TPSA) is 96.6 Å². The first-order chi connectivity index (χ1) is 16.0. The number of carbonyl (C=O) groups excluding carboxylic acids is 1. The minimum atomic E-state index is -0.470. The van der Waals surface area contributed by atoms with Crippen LogP contribution in [0.3, 0.4) is 0 Å². The number of rotatable bonds is 8. The maximum Gasteiger partial charge on any atom is 0.283 e. The Hall–Kier alpha value is -3.30. The van der Waals surface area contributed by atoms with Gasteiger partial charge in [-0.3, -0.25) is 10.2 Å². The van der Waals surface area contributed by atoms with E-state index in [9.17, 15) is 4.79 Å². The van der Waals surface area contributed by atoms with Gasteiger partial charge in [-0.15, -0.1) is 0 Å². The van der Waals surface area contributed by atoms with Crippen LogP contribution in [-0.2, 0) is 4.79 Å². The summed E-state index contributed by atoms with van der Waals surface area (Å²) in [6.45, 7) is 2.55. The van der Waals surface area contributed by atoms with E-state index in [2.05, 4.69) is 10.1 Å². The number of para-hydroxylation sites is 1. The number of nitrogens with zero attached hydrogens (tertiary/aromatic N) is 3. The first kappa shape index (κ1) is 22.9. The van der Waals surface area contributed by atoms with Crippen LogP contribution in [0.5, 0.6) is 17.2 Å². The SMILES string of the molecule is CCC1=NN2C(=N)/C(=C\c3ccc(OCCOc4ccccc4Cl)c(OC)c3)C(=O)N=C2S1. The second-order valence-corrected chi connectivity index (χ2v) is 8.35. The smallest absolute Gasteiger partial charge is 0.283 e. The molecule has 1 amide bonds. The molecule has 4 rings (SSSR count). The monoisotopic (exact) mass is 484 g/mol. The van der Waals surface area contributed by atoms with Crippen LogP contribution in [-0.4, -0.2) is 47.3 Å². The van der Waals surface area contributed by atoms with Gasteiger partial charge in [0.25, 0.3) is 5.91 Å². The van der Waals surface area contributed by atoms with E-state index in [-0.39, 0.29) is 18.0 Å². The lowest BCUT2D eigenvalue weighted by Gasteiger charge is -2.20. The van der Waals surface area contributed by atoms with Gasteiger partial charge >= 0.3 is 0 Å². The zero-order valence-electron chi connectivity index (χ0n) is 18.0. The van der Waals surface area contributed by atoms with Crippen molar-refractivity contribution in [2.45, 2.75) is 13.3 Å². The predicted molar refractivity (Wildman–Crippen MR) is 131 cm³/mol. The van der Waals surface area contributed by atoms with Crippen molar-refractivity contribution in [3.8, 4) is 17.2 Å². The average Bonchev–Trinajstić information content (AvgIpc) is 3.24. The molecule has 2 aromatic carbocycles. The molecule has 10 heteroatoms. The van der Waals surface area contributed by atoms with Crippen LogP contribution >= 0.6 is 23.4 Å². The molecule has 0 bridgehead atoms. The first-order valence-corrected chi connectivity index (χ1v) is 11.4. The van der Waals surface area contributed by atoms with E-state index in [0.29, 0.717) is 46.0 Å². The van der Waals surface area contributed by atoms with Gasteiger partial charge in [0.1, 0.15) is 24.0 Å². The number of amidine groups is 2. The van der Waals surface area contributed by atoms with Crippen molar-refractivity contribution < 1.29 is 19.0 Å². The fraction of sp³-hybridized carbons (Fsp3) is 0.217. The second-order valence-electron chi connectivity index (χ2n) is 6.90. The molecule has 2 aliphatic heterocycles. The van der Waals surface area contributed by atoms with Crippen LogP contribution in [0.1, 0.15) is 18.9 Å². The second kappa shape index (κ2) is 10.1. The Balaban J connectivity index is 1.45. The summed E-state index contributed by atoms with van der Waals surface area (Å²) >= 11 is 7.39. The summed E-state index contributed by atoms with van der Waals surface area (Å²) in [5, 5.41) is 15.9. The Kier molecular flexibility index (Phi) is 7.00. The molecule has 0 aliphatic carbocycles. The minimum Gasteiger partial charge on any atom is -0.493 e. The predicted octanol–water partition coefficient (Wildman–Crippen LogP) is 4.84. The standard InChI is InChI=1S/C23H21ClN4O4S/c1-3-20-27-28-21(25)15(22(29)26-23(28)33-20)12-14-8-9-18(19(13-14)30-2)32-11-10-31-17-7-5-4-6-16(17)24/h4-9,12-13,25H,3,10-11H2,1-2H3/b15-12+,25-21?. The molecule has 0 fully saturated rings. The van der Waals surface area contributed by atoms with Gasteiger partial charge in [-0.2, -0.15) is 15.1 Å². The van der Waals surface area contributed by atoms with E-state index in [1.54, 1.807) is 36.4 Å². The number of benzene rings is 2. The molecular weight excluding hydrogens is 464 g/mol. The zero-order chi connectivity index (χ0) is 23.4. The van der Waals surface area contributed by atoms with Crippen molar-refractivity contribution >= 4 is 51.4 Å². The lowest BCUT2D eigenvalue weighted by molar-refractivity contribution is -0.114. The molecule has 2 heterocycles. The third kappa shape index (κ3) is 5.04. The van der Waals surface area contributed by atoms with Crippen molar-refractivity contribution in [1.82, 2.24) is 5.01 Å². The van der Waals surface area contributed by atoms with Gasteiger partial charge in [0, 0.05) is 0 Å². The first-order valence-electron chi connectivity index (χ1n) is 10.2. The summed E-state index contributed by atoms with van der Waals surface area (Å²) in [5.74, 6) is 1.14. The van der Waals surface area contributed by atoms with Crippen molar-refractivity contribution in [3.63, 3.8) is 0 Å². The largest absolute Gasteiger partial charge is 0.493 e. The number of thioether (sulfide) groups is 1. The van der Waals surface area contributed by atoms with Crippen molar-refractivity contribution in [2.75, 3.05) is 20.3 Å². The molecule has 2 aliphatic rings. The summed E-state index contributed by atoms with van der Waals surface area (Å²) in [6.07, 6.45) is 2.31. The number of hydrazone groups is 1. The van der Waals surface area contributed by atoms with E-state index in [0.717, 1.165) is 5.04 Å². The number of carbonyl (C=O) groups is 1. The number of halogens is 1.